The number of carbonyl (C=O) groups is 1. The highest BCUT2D eigenvalue weighted by molar-refractivity contribution is 5.98. The van der Waals surface area contributed by atoms with Gasteiger partial charge in [-0.3, -0.25) is 4.79 Å². The van der Waals surface area contributed by atoms with Crippen molar-refractivity contribution in [1.29, 1.82) is 0 Å². The van der Waals surface area contributed by atoms with Crippen molar-refractivity contribution in [2.75, 3.05) is 13.7 Å². The van der Waals surface area contributed by atoms with Crippen molar-refractivity contribution in [1.82, 2.24) is 0 Å². The van der Waals surface area contributed by atoms with E-state index in [1.54, 1.807) is 13.2 Å². The number of benzene rings is 1. The summed E-state index contributed by atoms with van der Waals surface area (Å²) in [6, 6.07) is 5.50. The Bertz CT molecular complexity index is 317. The third-order valence-corrected chi connectivity index (χ3v) is 2.12. The molecule has 0 heterocycles. The molecule has 1 rings (SSSR count). The van der Waals surface area contributed by atoms with E-state index in [9.17, 15) is 4.79 Å². The van der Waals surface area contributed by atoms with Crippen molar-refractivity contribution in [3.05, 3.63) is 29.3 Å². The Kier molecular flexibility index (Phi) is 5.97. The average Bonchev–Trinajstić information content (AvgIpc) is 2.27. The van der Waals surface area contributed by atoms with Crippen molar-refractivity contribution in [3.63, 3.8) is 0 Å². The Morgan fingerprint density at radius 2 is 2.07 bits per heavy atom. The third kappa shape index (κ3) is 3.53. The lowest BCUT2D eigenvalue weighted by Gasteiger charge is -2.06. The number of methoxy groups -OCH3 is 1. The first kappa shape index (κ1) is 13.9. The minimum atomic E-state index is -0.0569. The standard InChI is InChI=1S/C11H15NO2.ClH/c1-3-8-4-9(11(13)7-12)6-10(5-8)14-2;/h4-6H,3,7,12H2,1-2H3;1H. The van der Waals surface area contributed by atoms with Crippen molar-refractivity contribution in [2.45, 2.75) is 13.3 Å². The Balaban J connectivity index is 0.00000196. The second-order valence-electron chi connectivity index (χ2n) is 3.05. The molecule has 0 unspecified atom stereocenters. The SMILES string of the molecule is CCc1cc(OC)cc(C(=O)CN)c1.Cl. The number of hydrogen-bond acceptors (Lipinski definition) is 3. The molecule has 0 fully saturated rings. The van der Waals surface area contributed by atoms with Crippen LogP contribution in [0.2, 0.25) is 0 Å². The highest BCUT2D eigenvalue weighted by Crippen LogP contribution is 2.17. The first-order chi connectivity index (χ1) is 6.71. The van der Waals surface area contributed by atoms with E-state index < -0.39 is 0 Å². The van der Waals surface area contributed by atoms with Gasteiger partial charge in [-0.2, -0.15) is 0 Å². The minimum absolute atomic E-state index is 0. The number of ketones is 1. The van der Waals surface area contributed by atoms with E-state index in [0.29, 0.717) is 11.3 Å². The number of carbonyl (C=O) groups excluding carboxylic acids is 1. The van der Waals surface area contributed by atoms with Gasteiger partial charge in [0, 0.05) is 5.56 Å². The van der Waals surface area contributed by atoms with E-state index in [0.717, 1.165) is 12.0 Å². The molecule has 0 saturated carbocycles. The second kappa shape index (κ2) is 6.43. The van der Waals surface area contributed by atoms with E-state index in [1.807, 2.05) is 19.1 Å². The van der Waals surface area contributed by atoms with Crippen LogP contribution in [0.25, 0.3) is 0 Å². The lowest BCUT2D eigenvalue weighted by atomic mass is 10.1. The summed E-state index contributed by atoms with van der Waals surface area (Å²) in [4.78, 5) is 11.4. The molecule has 0 spiro atoms. The third-order valence-electron chi connectivity index (χ3n) is 2.12. The van der Waals surface area contributed by atoms with Gasteiger partial charge in [0.05, 0.1) is 13.7 Å². The van der Waals surface area contributed by atoms with E-state index in [2.05, 4.69) is 0 Å². The number of aryl methyl sites for hydroxylation is 1. The molecular weight excluding hydrogens is 214 g/mol. The summed E-state index contributed by atoms with van der Waals surface area (Å²) in [7, 11) is 1.59. The summed E-state index contributed by atoms with van der Waals surface area (Å²) in [5, 5.41) is 0. The number of rotatable bonds is 4. The summed E-state index contributed by atoms with van der Waals surface area (Å²) in [5.74, 6) is 0.653. The monoisotopic (exact) mass is 229 g/mol. The predicted octanol–water partition coefficient (Wildman–Crippen LogP) is 1.82. The summed E-state index contributed by atoms with van der Waals surface area (Å²) < 4.78 is 5.10. The van der Waals surface area contributed by atoms with Gasteiger partial charge in [-0.1, -0.05) is 6.92 Å². The molecule has 1 aromatic rings. The number of Topliss-reactive ketones (excluding diaryl/α,β-unsaturated/α-hetero) is 1. The molecule has 0 amide bonds. The highest BCUT2D eigenvalue weighted by atomic mass is 35.5. The van der Waals surface area contributed by atoms with E-state index in [4.69, 9.17) is 10.5 Å². The van der Waals surface area contributed by atoms with E-state index in [-0.39, 0.29) is 24.7 Å². The van der Waals surface area contributed by atoms with Gasteiger partial charge in [-0.15, -0.1) is 12.4 Å². The molecular formula is C11H16ClNO2. The van der Waals surface area contributed by atoms with E-state index >= 15 is 0 Å². The van der Waals surface area contributed by atoms with Gasteiger partial charge in [-0.25, -0.2) is 0 Å². The molecule has 15 heavy (non-hydrogen) atoms. The van der Waals surface area contributed by atoms with Crippen molar-refractivity contribution in [2.24, 2.45) is 5.73 Å². The molecule has 1 aromatic carbocycles. The van der Waals surface area contributed by atoms with Crippen molar-refractivity contribution < 1.29 is 9.53 Å². The molecule has 84 valence electrons. The van der Waals surface area contributed by atoms with Crippen LogP contribution in [0.1, 0.15) is 22.8 Å². The Hall–Kier alpha value is -1.06. The molecule has 0 aliphatic carbocycles. The normalized spacial score (nSPS) is 9.27. The van der Waals surface area contributed by atoms with Crippen LogP contribution >= 0.6 is 12.4 Å². The lowest BCUT2D eigenvalue weighted by Crippen LogP contribution is -2.13. The summed E-state index contributed by atoms with van der Waals surface area (Å²) in [5.41, 5.74) is 7.01. The van der Waals surface area contributed by atoms with Crippen LogP contribution in [0, 0.1) is 0 Å². The Morgan fingerprint density at radius 3 is 2.53 bits per heavy atom. The number of nitrogens with two attached hydrogens (primary N) is 1. The van der Waals surface area contributed by atoms with Gasteiger partial charge >= 0.3 is 0 Å². The summed E-state index contributed by atoms with van der Waals surface area (Å²) >= 11 is 0. The fourth-order valence-electron chi connectivity index (χ4n) is 1.26. The smallest absolute Gasteiger partial charge is 0.176 e. The summed E-state index contributed by atoms with van der Waals surface area (Å²) in [6.07, 6.45) is 0.877. The maximum Gasteiger partial charge on any atom is 0.176 e. The molecule has 0 radical (unpaired) electrons. The molecule has 3 nitrogen and oxygen atoms in total. The van der Waals surface area contributed by atoms with Crippen LogP contribution in [0.3, 0.4) is 0 Å². The van der Waals surface area contributed by atoms with Crippen LogP contribution in [-0.2, 0) is 6.42 Å². The predicted molar refractivity (Wildman–Crippen MR) is 63.0 cm³/mol. The van der Waals surface area contributed by atoms with Crippen LogP contribution in [-0.4, -0.2) is 19.4 Å². The average molecular weight is 230 g/mol. The Labute approximate surface area is 96.0 Å². The van der Waals surface area contributed by atoms with Crippen LogP contribution in [0.4, 0.5) is 0 Å². The molecule has 0 atom stereocenters. The van der Waals surface area contributed by atoms with Crippen LogP contribution in [0.5, 0.6) is 5.75 Å². The number of halogens is 1. The van der Waals surface area contributed by atoms with Crippen molar-refractivity contribution >= 4 is 18.2 Å². The zero-order chi connectivity index (χ0) is 10.6. The van der Waals surface area contributed by atoms with Gasteiger partial charge in [0.25, 0.3) is 0 Å². The quantitative estimate of drug-likeness (QED) is 0.802. The van der Waals surface area contributed by atoms with Crippen molar-refractivity contribution in [3.8, 4) is 5.75 Å². The van der Waals surface area contributed by atoms with Crippen LogP contribution in [0.15, 0.2) is 18.2 Å². The zero-order valence-corrected chi connectivity index (χ0v) is 9.76. The topological polar surface area (TPSA) is 52.3 Å². The highest BCUT2D eigenvalue weighted by Gasteiger charge is 2.06. The molecule has 0 bridgehead atoms. The number of hydrogen-bond donors (Lipinski definition) is 1. The second-order valence-corrected chi connectivity index (χ2v) is 3.05. The van der Waals surface area contributed by atoms with Gasteiger partial charge < -0.3 is 10.5 Å². The van der Waals surface area contributed by atoms with Gasteiger partial charge in [0.1, 0.15) is 5.75 Å². The fourth-order valence-corrected chi connectivity index (χ4v) is 1.26. The fraction of sp³-hybridized carbons (Fsp3) is 0.364. The Morgan fingerprint density at radius 1 is 1.40 bits per heavy atom. The molecule has 2 N–H and O–H groups in total. The van der Waals surface area contributed by atoms with Crippen LogP contribution < -0.4 is 10.5 Å². The largest absolute Gasteiger partial charge is 0.497 e. The first-order valence-corrected chi connectivity index (χ1v) is 4.62. The lowest BCUT2D eigenvalue weighted by molar-refractivity contribution is 0.100. The maximum atomic E-state index is 11.4. The van der Waals surface area contributed by atoms with Gasteiger partial charge in [-0.05, 0) is 30.2 Å². The zero-order valence-electron chi connectivity index (χ0n) is 8.95. The maximum absolute atomic E-state index is 11.4. The molecule has 0 aromatic heterocycles. The van der Waals surface area contributed by atoms with E-state index in [1.165, 1.54) is 0 Å². The molecule has 0 aliphatic rings. The molecule has 4 heteroatoms. The molecule has 0 aliphatic heterocycles. The number of ether oxygens (including phenoxy) is 1. The summed E-state index contributed by atoms with van der Waals surface area (Å²) in [6.45, 7) is 2.07. The first-order valence-electron chi connectivity index (χ1n) is 4.62. The van der Waals surface area contributed by atoms with Gasteiger partial charge in [0.2, 0.25) is 0 Å². The van der Waals surface area contributed by atoms with Gasteiger partial charge in [0.15, 0.2) is 5.78 Å². The molecule has 0 saturated heterocycles. The minimum Gasteiger partial charge on any atom is -0.497 e.